The highest BCUT2D eigenvalue weighted by atomic mass is 79.9. The summed E-state index contributed by atoms with van der Waals surface area (Å²) < 4.78 is 5.56. The SMILES string of the molecule is Cc1cccc(C(=O)OCC(=O)Nc2ccccc2Br)c1[N+](=O)[O-]. The molecule has 0 radical (unpaired) electrons. The van der Waals surface area contributed by atoms with Gasteiger partial charge >= 0.3 is 5.97 Å². The van der Waals surface area contributed by atoms with Gasteiger partial charge in [0.25, 0.3) is 11.6 Å². The van der Waals surface area contributed by atoms with E-state index >= 15 is 0 Å². The highest BCUT2D eigenvalue weighted by molar-refractivity contribution is 9.10. The molecule has 0 unspecified atom stereocenters. The Balaban J connectivity index is 2.04. The molecule has 0 aromatic heterocycles. The normalized spacial score (nSPS) is 10.1. The molecular formula is C16H13BrN2O5. The van der Waals surface area contributed by atoms with Gasteiger partial charge in [-0.1, -0.05) is 24.3 Å². The first kappa shape index (κ1) is 17.6. The van der Waals surface area contributed by atoms with Crippen LogP contribution in [0.4, 0.5) is 11.4 Å². The molecule has 2 rings (SSSR count). The number of anilines is 1. The second-order valence-corrected chi connectivity index (χ2v) is 5.69. The number of nitro benzene ring substituents is 1. The molecule has 0 aliphatic rings. The van der Waals surface area contributed by atoms with Crippen LogP contribution in [-0.4, -0.2) is 23.4 Å². The van der Waals surface area contributed by atoms with E-state index in [1.54, 1.807) is 24.3 Å². The molecule has 2 aromatic rings. The summed E-state index contributed by atoms with van der Waals surface area (Å²) in [6, 6.07) is 11.3. The van der Waals surface area contributed by atoms with Crippen molar-refractivity contribution in [2.75, 3.05) is 11.9 Å². The fourth-order valence-corrected chi connectivity index (χ4v) is 2.41. The van der Waals surface area contributed by atoms with E-state index in [2.05, 4.69) is 21.2 Å². The maximum absolute atomic E-state index is 12.0. The van der Waals surface area contributed by atoms with Crippen molar-refractivity contribution in [1.29, 1.82) is 0 Å². The van der Waals surface area contributed by atoms with Gasteiger partial charge in [-0.3, -0.25) is 14.9 Å². The number of nitro groups is 1. The molecule has 0 saturated carbocycles. The van der Waals surface area contributed by atoms with Gasteiger partial charge in [0, 0.05) is 10.0 Å². The summed E-state index contributed by atoms with van der Waals surface area (Å²) in [5.41, 5.74) is 0.356. The summed E-state index contributed by atoms with van der Waals surface area (Å²) in [7, 11) is 0. The molecular weight excluding hydrogens is 380 g/mol. The van der Waals surface area contributed by atoms with Crippen molar-refractivity contribution in [2.45, 2.75) is 6.92 Å². The summed E-state index contributed by atoms with van der Waals surface area (Å²) in [4.78, 5) is 34.3. The lowest BCUT2D eigenvalue weighted by Gasteiger charge is -2.08. The van der Waals surface area contributed by atoms with Crippen molar-refractivity contribution in [1.82, 2.24) is 0 Å². The molecule has 124 valence electrons. The van der Waals surface area contributed by atoms with Crippen molar-refractivity contribution in [3.63, 3.8) is 0 Å². The van der Waals surface area contributed by atoms with Gasteiger partial charge in [0.1, 0.15) is 5.56 Å². The Labute approximate surface area is 145 Å². The van der Waals surface area contributed by atoms with Gasteiger partial charge in [0.15, 0.2) is 6.61 Å². The number of ether oxygens (including phenoxy) is 1. The quantitative estimate of drug-likeness (QED) is 0.477. The first-order chi connectivity index (χ1) is 11.4. The third kappa shape index (κ3) is 4.17. The Morgan fingerprint density at radius 1 is 1.21 bits per heavy atom. The fourth-order valence-electron chi connectivity index (χ4n) is 2.02. The number of carbonyl (C=O) groups is 2. The lowest BCUT2D eigenvalue weighted by molar-refractivity contribution is -0.385. The van der Waals surface area contributed by atoms with Gasteiger partial charge in [-0.15, -0.1) is 0 Å². The minimum absolute atomic E-state index is 0.186. The lowest BCUT2D eigenvalue weighted by Crippen LogP contribution is -2.21. The van der Waals surface area contributed by atoms with Crippen LogP contribution in [0.2, 0.25) is 0 Å². The second kappa shape index (κ2) is 7.69. The van der Waals surface area contributed by atoms with Crippen molar-refractivity contribution >= 4 is 39.2 Å². The number of nitrogens with zero attached hydrogens (tertiary/aromatic N) is 1. The summed E-state index contributed by atoms with van der Waals surface area (Å²) in [5, 5.41) is 13.6. The van der Waals surface area contributed by atoms with Crippen LogP contribution in [0.3, 0.4) is 0 Å². The Kier molecular flexibility index (Phi) is 5.64. The van der Waals surface area contributed by atoms with Crippen molar-refractivity contribution in [3.8, 4) is 0 Å². The predicted molar refractivity (Wildman–Crippen MR) is 90.9 cm³/mol. The average Bonchev–Trinajstić information content (AvgIpc) is 2.54. The molecule has 8 heteroatoms. The van der Waals surface area contributed by atoms with E-state index in [1.165, 1.54) is 25.1 Å². The molecule has 0 saturated heterocycles. The summed E-state index contributed by atoms with van der Waals surface area (Å²) in [5.74, 6) is -1.47. The smallest absolute Gasteiger partial charge is 0.345 e. The van der Waals surface area contributed by atoms with Gasteiger partial charge in [0.05, 0.1) is 10.6 Å². The van der Waals surface area contributed by atoms with Crippen LogP contribution in [0.5, 0.6) is 0 Å². The van der Waals surface area contributed by atoms with E-state index in [0.717, 1.165) is 0 Å². The third-order valence-corrected chi connectivity index (χ3v) is 3.81. The number of aryl methyl sites for hydroxylation is 1. The number of hydrogen-bond acceptors (Lipinski definition) is 5. The van der Waals surface area contributed by atoms with Gasteiger partial charge in [0.2, 0.25) is 0 Å². The minimum Gasteiger partial charge on any atom is -0.452 e. The molecule has 0 bridgehead atoms. The highest BCUT2D eigenvalue weighted by Gasteiger charge is 2.24. The number of amides is 1. The van der Waals surface area contributed by atoms with Crippen LogP contribution < -0.4 is 5.32 Å². The van der Waals surface area contributed by atoms with Crippen LogP contribution in [0.1, 0.15) is 15.9 Å². The summed E-state index contributed by atoms with van der Waals surface area (Å²) in [6.45, 7) is 0.972. The number of hydrogen-bond donors (Lipinski definition) is 1. The zero-order valence-corrected chi connectivity index (χ0v) is 14.2. The number of rotatable bonds is 5. The molecule has 0 fully saturated rings. The molecule has 0 atom stereocenters. The maximum Gasteiger partial charge on any atom is 0.345 e. The van der Waals surface area contributed by atoms with E-state index in [-0.39, 0.29) is 11.3 Å². The van der Waals surface area contributed by atoms with E-state index in [4.69, 9.17) is 4.74 Å². The number of esters is 1. The lowest BCUT2D eigenvalue weighted by atomic mass is 10.1. The molecule has 24 heavy (non-hydrogen) atoms. The standard InChI is InChI=1S/C16H13BrN2O5/c1-10-5-4-6-11(15(10)19(22)23)16(21)24-9-14(20)18-13-8-3-2-7-12(13)17/h2-8H,9H2,1H3,(H,18,20). The zero-order chi connectivity index (χ0) is 17.7. The van der Waals surface area contributed by atoms with Crippen LogP contribution in [0, 0.1) is 17.0 Å². The van der Waals surface area contributed by atoms with E-state index in [0.29, 0.717) is 15.7 Å². The largest absolute Gasteiger partial charge is 0.452 e. The van der Waals surface area contributed by atoms with Gasteiger partial charge in [-0.25, -0.2) is 4.79 Å². The second-order valence-electron chi connectivity index (χ2n) is 4.83. The van der Waals surface area contributed by atoms with E-state index < -0.39 is 23.4 Å². The first-order valence-corrected chi connectivity index (χ1v) is 7.65. The van der Waals surface area contributed by atoms with Crippen LogP contribution in [0.15, 0.2) is 46.9 Å². The maximum atomic E-state index is 12.0. The Hall–Kier alpha value is -2.74. The average molecular weight is 393 g/mol. The first-order valence-electron chi connectivity index (χ1n) is 6.85. The van der Waals surface area contributed by atoms with E-state index in [9.17, 15) is 19.7 Å². The Bertz CT molecular complexity index is 807. The van der Waals surface area contributed by atoms with Crippen molar-refractivity contribution < 1.29 is 19.2 Å². The van der Waals surface area contributed by atoms with Crippen molar-refractivity contribution in [3.05, 3.63) is 68.2 Å². The minimum atomic E-state index is -0.923. The molecule has 7 nitrogen and oxygen atoms in total. The summed E-state index contributed by atoms with van der Waals surface area (Å²) >= 11 is 3.28. The number of halogens is 1. The number of carbonyl (C=O) groups excluding carboxylic acids is 2. The molecule has 0 spiro atoms. The molecule has 1 amide bonds. The van der Waals surface area contributed by atoms with Crippen LogP contribution in [0.25, 0.3) is 0 Å². The molecule has 0 heterocycles. The monoisotopic (exact) mass is 392 g/mol. The summed E-state index contributed by atoms with van der Waals surface area (Å²) in [6.07, 6.45) is 0. The number of benzene rings is 2. The Morgan fingerprint density at radius 2 is 1.92 bits per heavy atom. The fraction of sp³-hybridized carbons (Fsp3) is 0.125. The molecule has 1 N–H and O–H groups in total. The van der Waals surface area contributed by atoms with Crippen LogP contribution in [-0.2, 0) is 9.53 Å². The topological polar surface area (TPSA) is 98.5 Å². The van der Waals surface area contributed by atoms with E-state index in [1.807, 2.05) is 0 Å². The number of nitrogens with one attached hydrogen (secondary N) is 1. The van der Waals surface area contributed by atoms with Gasteiger partial charge < -0.3 is 10.1 Å². The molecule has 0 aliphatic heterocycles. The van der Waals surface area contributed by atoms with Gasteiger partial charge in [-0.2, -0.15) is 0 Å². The van der Waals surface area contributed by atoms with Crippen molar-refractivity contribution in [2.24, 2.45) is 0 Å². The third-order valence-electron chi connectivity index (χ3n) is 3.12. The highest BCUT2D eigenvalue weighted by Crippen LogP contribution is 2.24. The predicted octanol–water partition coefficient (Wildman–Crippen LogP) is 3.46. The van der Waals surface area contributed by atoms with Crippen LogP contribution >= 0.6 is 15.9 Å². The molecule has 0 aliphatic carbocycles. The van der Waals surface area contributed by atoms with Gasteiger partial charge in [-0.05, 0) is 41.1 Å². The zero-order valence-electron chi connectivity index (χ0n) is 12.6. The Morgan fingerprint density at radius 3 is 2.58 bits per heavy atom. The number of para-hydroxylation sites is 2. The molecule has 2 aromatic carbocycles.